The van der Waals surface area contributed by atoms with Crippen molar-refractivity contribution < 1.29 is 4.74 Å². The van der Waals surface area contributed by atoms with Crippen LogP contribution >= 0.6 is 0 Å². The molecule has 0 bridgehead atoms. The number of benzene rings is 2. The fourth-order valence-electron chi connectivity index (χ4n) is 2.73. The van der Waals surface area contributed by atoms with Crippen LogP contribution in [0.4, 0.5) is 0 Å². The van der Waals surface area contributed by atoms with Crippen molar-refractivity contribution >= 4 is 0 Å². The van der Waals surface area contributed by atoms with Crippen molar-refractivity contribution in [2.45, 2.75) is 6.42 Å². The van der Waals surface area contributed by atoms with Gasteiger partial charge in [-0.25, -0.2) is 4.98 Å². The standard InChI is InChI=1S/C17H14N2O/c1-2-5-13(6-3-1)17-18-10-11-19(17)15-7-4-8-16-14(15)9-12-20-16/h1-8,10-11H,9,12H2. The molecule has 98 valence electrons. The third-order valence-electron chi connectivity index (χ3n) is 3.65. The number of ether oxygens (including phenoxy) is 1. The summed E-state index contributed by atoms with van der Waals surface area (Å²) in [5.74, 6) is 1.96. The SMILES string of the molecule is c1ccc(-c2nccn2-c2cccc3c2CCO3)cc1. The quantitative estimate of drug-likeness (QED) is 0.707. The van der Waals surface area contributed by atoms with Gasteiger partial charge in [0, 0.05) is 29.9 Å². The van der Waals surface area contributed by atoms with Gasteiger partial charge < -0.3 is 4.74 Å². The highest BCUT2D eigenvalue weighted by molar-refractivity contribution is 5.61. The fourth-order valence-corrected chi connectivity index (χ4v) is 2.73. The van der Waals surface area contributed by atoms with Gasteiger partial charge >= 0.3 is 0 Å². The van der Waals surface area contributed by atoms with E-state index < -0.39 is 0 Å². The molecular formula is C17H14N2O. The van der Waals surface area contributed by atoms with Crippen molar-refractivity contribution in [3.63, 3.8) is 0 Å². The predicted octanol–water partition coefficient (Wildman–Crippen LogP) is 3.47. The Balaban J connectivity index is 1.89. The van der Waals surface area contributed by atoms with Gasteiger partial charge in [0.2, 0.25) is 0 Å². The fraction of sp³-hybridized carbons (Fsp3) is 0.118. The van der Waals surface area contributed by atoms with Crippen molar-refractivity contribution in [1.29, 1.82) is 0 Å². The second kappa shape index (κ2) is 4.53. The first-order valence-electron chi connectivity index (χ1n) is 6.77. The summed E-state index contributed by atoms with van der Waals surface area (Å²) in [6, 6.07) is 16.4. The molecule has 2 heterocycles. The van der Waals surface area contributed by atoms with Gasteiger partial charge in [0.1, 0.15) is 11.6 Å². The zero-order chi connectivity index (χ0) is 13.4. The van der Waals surface area contributed by atoms with Crippen LogP contribution in [0.5, 0.6) is 5.75 Å². The van der Waals surface area contributed by atoms with E-state index in [2.05, 4.69) is 27.8 Å². The van der Waals surface area contributed by atoms with E-state index in [9.17, 15) is 0 Å². The molecule has 0 spiro atoms. The summed E-state index contributed by atoms with van der Waals surface area (Å²) < 4.78 is 7.79. The lowest BCUT2D eigenvalue weighted by Crippen LogP contribution is -1.99. The van der Waals surface area contributed by atoms with Crippen LogP contribution in [-0.2, 0) is 6.42 Å². The van der Waals surface area contributed by atoms with Crippen LogP contribution < -0.4 is 4.74 Å². The molecule has 0 amide bonds. The molecule has 0 fully saturated rings. The summed E-state index contributed by atoms with van der Waals surface area (Å²) in [6.07, 6.45) is 4.81. The average molecular weight is 262 g/mol. The maximum absolute atomic E-state index is 5.65. The Labute approximate surface area is 117 Å². The van der Waals surface area contributed by atoms with E-state index in [0.717, 1.165) is 35.9 Å². The number of rotatable bonds is 2. The molecule has 4 rings (SSSR count). The molecule has 3 heteroatoms. The van der Waals surface area contributed by atoms with E-state index >= 15 is 0 Å². The number of hydrogen-bond donors (Lipinski definition) is 0. The first-order chi connectivity index (χ1) is 9.93. The third kappa shape index (κ3) is 1.71. The van der Waals surface area contributed by atoms with Gasteiger partial charge in [-0.15, -0.1) is 0 Å². The lowest BCUT2D eigenvalue weighted by Gasteiger charge is -2.11. The van der Waals surface area contributed by atoms with Gasteiger partial charge in [0.15, 0.2) is 0 Å². The summed E-state index contributed by atoms with van der Waals surface area (Å²) in [5, 5.41) is 0. The molecule has 20 heavy (non-hydrogen) atoms. The molecule has 0 saturated heterocycles. The summed E-state index contributed by atoms with van der Waals surface area (Å²) in [5.41, 5.74) is 3.55. The predicted molar refractivity (Wildman–Crippen MR) is 78.2 cm³/mol. The molecule has 0 atom stereocenters. The summed E-state index contributed by atoms with van der Waals surface area (Å²) >= 11 is 0. The molecule has 0 radical (unpaired) electrons. The molecule has 1 aromatic heterocycles. The molecule has 0 unspecified atom stereocenters. The Hall–Kier alpha value is -2.55. The normalized spacial score (nSPS) is 13.0. The average Bonchev–Trinajstić information content (AvgIpc) is 3.16. The first-order valence-corrected chi connectivity index (χ1v) is 6.77. The highest BCUT2D eigenvalue weighted by Crippen LogP contribution is 2.32. The topological polar surface area (TPSA) is 27.1 Å². The van der Waals surface area contributed by atoms with Crippen molar-refractivity contribution in [2.24, 2.45) is 0 Å². The highest BCUT2D eigenvalue weighted by atomic mass is 16.5. The number of fused-ring (bicyclic) bond motifs is 1. The van der Waals surface area contributed by atoms with Gasteiger partial charge in [0.05, 0.1) is 12.3 Å². The van der Waals surface area contributed by atoms with Gasteiger partial charge in [-0.2, -0.15) is 0 Å². The van der Waals surface area contributed by atoms with E-state index in [4.69, 9.17) is 4.74 Å². The van der Waals surface area contributed by atoms with Crippen LogP contribution in [0.2, 0.25) is 0 Å². The van der Waals surface area contributed by atoms with E-state index in [1.165, 1.54) is 5.56 Å². The number of aromatic nitrogens is 2. The van der Waals surface area contributed by atoms with Crippen LogP contribution in [0.1, 0.15) is 5.56 Å². The molecule has 1 aliphatic rings. The maximum Gasteiger partial charge on any atom is 0.144 e. The minimum Gasteiger partial charge on any atom is -0.493 e. The van der Waals surface area contributed by atoms with Crippen LogP contribution in [0.15, 0.2) is 60.9 Å². The number of nitrogens with zero attached hydrogens (tertiary/aromatic N) is 2. The summed E-state index contributed by atoms with van der Waals surface area (Å²) in [7, 11) is 0. The van der Waals surface area contributed by atoms with E-state index in [1.807, 2.05) is 42.7 Å². The van der Waals surface area contributed by atoms with Gasteiger partial charge in [0.25, 0.3) is 0 Å². The second-order valence-corrected chi connectivity index (χ2v) is 4.84. The minimum atomic E-state index is 0.766. The van der Waals surface area contributed by atoms with E-state index in [-0.39, 0.29) is 0 Å². The molecule has 0 aliphatic carbocycles. The molecule has 2 aromatic carbocycles. The zero-order valence-corrected chi connectivity index (χ0v) is 11.0. The largest absolute Gasteiger partial charge is 0.493 e. The van der Waals surface area contributed by atoms with Crippen LogP contribution in [0.25, 0.3) is 17.1 Å². The Morgan fingerprint density at radius 2 is 1.90 bits per heavy atom. The molecule has 0 N–H and O–H groups in total. The molecule has 3 nitrogen and oxygen atoms in total. The van der Waals surface area contributed by atoms with E-state index in [0.29, 0.717) is 0 Å². The Morgan fingerprint density at radius 1 is 1.00 bits per heavy atom. The van der Waals surface area contributed by atoms with Gasteiger partial charge in [-0.05, 0) is 12.1 Å². The molecule has 1 aliphatic heterocycles. The molecule has 3 aromatic rings. The smallest absolute Gasteiger partial charge is 0.144 e. The highest BCUT2D eigenvalue weighted by Gasteiger charge is 2.18. The Morgan fingerprint density at radius 3 is 2.80 bits per heavy atom. The monoisotopic (exact) mass is 262 g/mol. The maximum atomic E-state index is 5.65. The third-order valence-corrected chi connectivity index (χ3v) is 3.65. The van der Waals surface area contributed by atoms with Crippen LogP contribution in [0, 0.1) is 0 Å². The molecule has 0 saturated carbocycles. The summed E-state index contributed by atoms with van der Waals surface area (Å²) in [6.45, 7) is 0.766. The lowest BCUT2D eigenvalue weighted by molar-refractivity contribution is 0.357. The minimum absolute atomic E-state index is 0.766. The lowest BCUT2D eigenvalue weighted by atomic mass is 10.1. The van der Waals surface area contributed by atoms with Crippen LogP contribution in [0.3, 0.4) is 0 Å². The number of hydrogen-bond acceptors (Lipinski definition) is 2. The van der Waals surface area contributed by atoms with Gasteiger partial charge in [-0.3, -0.25) is 4.57 Å². The van der Waals surface area contributed by atoms with Crippen molar-refractivity contribution in [1.82, 2.24) is 9.55 Å². The van der Waals surface area contributed by atoms with Crippen molar-refractivity contribution in [3.8, 4) is 22.8 Å². The van der Waals surface area contributed by atoms with Crippen LogP contribution in [-0.4, -0.2) is 16.2 Å². The Kier molecular flexibility index (Phi) is 2.56. The molecular weight excluding hydrogens is 248 g/mol. The van der Waals surface area contributed by atoms with Gasteiger partial charge in [-0.1, -0.05) is 36.4 Å². The first kappa shape index (κ1) is 11.3. The van der Waals surface area contributed by atoms with Crippen molar-refractivity contribution in [3.05, 3.63) is 66.5 Å². The van der Waals surface area contributed by atoms with E-state index in [1.54, 1.807) is 0 Å². The second-order valence-electron chi connectivity index (χ2n) is 4.84. The Bertz CT molecular complexity index is 747. The zero-order valence-electron chi connectivity index (χ0n) is 11.0. The van der Waals surface area contributed by atoms with Crippen molar-refractivity contribution in [2.75, 3.05) is 6.61 Å². The number of imidazole rings is 1. The summed E-state index contributed by atoms with van der Waals surface area (Å²) in [4.78, 5) is 4.51.